The third-order valence-corrected chi connectivity index (χ3v) is 1.49. The van der Waals surface area contributed by atoms with E-state index in [-0.39, 0.29) is 5.56 Å². The number of nitrogen functional groups attached to an aromatic ring is 1. The van der Waals surface area contributed by atoms with Crippen molar-refractivity contribution in [2.75, 3.05) is 0 Å². The fraction of sp³-hybridized carbons (Fsp3) is 0. The highest BCUT2D eigenvalue weighted by Crippen LogP contribution is 2.15. The summed E-state index contributed by atoms with van der Waals surface area (Å²) < 4.78 is 12.8. The number of amides is 1. The summed E-state index contributed by atoms with van der Waals surface area (Å²) in [6, 6.07) is 2.51. The number of nitrogens with one attached hydrogen (secondary N) is 1. The molecule has 0 heterocycles. The fourth-order valence-corrected chi connectivity index (χ4v) is 0.894. The average Bonchev–Trinajstić information content (AvgIpc) is 2.15. The normalized spacial score (nSPS) is 9.57. The first-order valence-corrected chi connectivity index (χ1v) is 3.50. The summed E-state index contributed by atoms with van der Waals surface area (Å²) in [5, 5.41) is 10.3. The van der Waals surface area contributed by atoms with Crippen molar-refractivity contribution in [3.05, 3.63) is 39.7 Å². The number of nitro benzene ring substituents is 1. The van der Waals surface area contributed by atoms with Crippen LogP contribution in [-0.2, 0) is 0 Å². The Morgan fingerprint density at radius 1 is 1.50 bits per heavy atom. The summed E-state index contributed by atoms with van der Waals surface area (Å²) in [5.41, 5.74) is 1.05. The summed E-state index contributed by atoms with van der Waals surface area (Å²) in [6.07, 6.45) is 0. The van der Waals surface area contributed by atoms with Gasteiger partial charge in [-0.25, -0.2) is 10.2 Å². The van der Waals surface area contributed by atoms with Crippen molar-refractivity contribution in [2.24, 2.45) is 5.84 Å². The van der Waals surface area contributed by atoms with Gasteiger partial charge in [0, 0.05) is 6.07 Å². The first-order valence-electron chi connectivity index (χ1n) is 3.50. The van der Waals surface area contributed by atoms with Gasteiger partial charge in [0.1, 0.15) is 5.82 Å². The Morgan fingerprint density at radius 3 is 2.64 bits per heavy atom. The number of hydrogen-bond acceptors (Lipinski definition) is 4. The maximum Gasteiger partial charge on any atom is 0.273 e. The zero-order valence-electron chi connectivity index (χ0n) is 6.86. The molecule has 0 aliphatic carbocycles. The number of halogens is 1. The third kappa shape index (κ3) is 2.02. The van der Waals surface area contributed by atoms with E-state index < -0.39 is 22.3 Å². The predicted octanol–water partition coefficient (Wildman–Crippen LogP) is 0.337. The standard InChI is InChI=1S/C7H6FN3O3/c8-5-1-4(7(12)10-9)2-6(3-5)11(13)14/h1-3H,9H2,(H,10,12). The van der Waals surface area contributed by atoms with E-state index >= 15 is 0 Å². The van der Waals surface area contributed by atoms with E-state index in [0.717, 1.165) is 12.1 Å². The van der Waals surface area contributed by atoms with E-state index in [1.807, 2.05) is 0 Å². The lowest BCUT2D eigenvalue weighted by Gasteiger charge is -1.99. The highest BCUT2D eigenvalue weighted by molar-refractivity contribution is 5.94. The molecule has 1 amide bonds. The zero-order chi connectivity index (χ0) is 10.7. The minimum absolute atomic E-state index is 0.195. The topological polar surface area (TPSA) is 98.3 Å². The largest absolute Gasteiger partial charge is 0.290 e. The molecule has 0 saturated carbocycles. The van der Waals surface area contributed by atoms with Crippen LogP contribution in [0, 0.1) is 15.9 Å². The molecule has 1 rings (SSSR count). The Hall–Kier alpha value is -2.02. The van der Waals surface area contributed by atoms with Crippen LogP contribution in [-0.4, -0.2) is 10.8 Å². The predicted molar refractivity (Wildman–Crippen MR) is 44.7 cm³/mol. The van der Waals surface area contributed by atoms with Crippen LogP contribution >= 0.6 is 0 Å². The van der Waals surface area contributed by atoms with Crippen molar-refractivity contribution in [3.8, 4) is 0 Å². The monoisotopic (exact) mass is 199 g/mol. The smallest absolute Gasteiger partial charge is 0.273 e. The van der Waals surface area contributed by atoms with Gasteiger partial charge >= 0.3 is 0 Å². The Labute approximate surface area is 77.6 Å². The molecule has 0 atom stereocenters. The average molecular weight is 199 g/mol. The second-order valence-corrected chi connectivity index (χ2v) is 2.43. The molecule has 14 heavy (non-hydrogen) atoms. The lowest BCUT2D eigenvalue weighted by atomic mass is 10.2. The number of nitro groups is 1. The van der Waals surface area contributed by atoms with Gasteiger partial charge < -0.3 is 0 Å². The quantitative estimate of drug-likeness (QED) is 0.310. The molecule has 0 aliphatic rings. The van der Waals surface area contributed by atoms with Gasteiger partial charge in [0.25, 0.3) is 11.6 Å². The van der Waals surface area contributed by atoms with Gasteiger partial charge in [0.05, 0.1) is 16.6 Å². The summed E-state index contributed by atoms with van der Waals surface area (Å²) >= 11 is 0. The van der Waals surface area contributed by atoms with Crippen molar-refractivity contribution in [1.29, 1.82) is 0 Å². The summed E-state index contributed by atoms with van der Waals surface area (Å²) in [6.45, 7) is 0. The number of nitrogens with zero attached hydrogens (tertiary/aromatic N) is 1. The molecule has 0 saturated heterocycles. The number of rotatable bonds is 2. The van der Waals surface area contributed by atoms with E-state index in [2.05, 4.69) is 0 Å². The Kier molecular flexibility index (Phi) is 2.73. The minimum Gasteiger partial charge on any atom is -0.290 e. The van der Waals surface area contributed by atoms with Crippen LogP contribution in [0.15, 0.2) is 18.2 Å². The molecule has 1 aromatic rings. The summed E-state index contributed by atoms with van der Waals surface area (Å²) in [7, 11) is 0. The fourth-order valence-electron chi connectivity index (χ4n) is 0.894. The van der Waals surface area contributed by atoms with Crippen molar-refractivity contribution in [2.45, 2.75) is 0 Å². The molecule has 0 spiro atoms. The number of carbonyl (C=O) groups excluding carboxylic acids is 1. The third-order valence-electron chi connectivity index (χ3n) is 1.49. The van der Waals surface area contributed by atoms with Crippen molar-refractivity contribution >= 4 is 11.6 Å². The molecule has 0 aromatic heterocycles. The number of hydrogen-bond donors (Lipinski definition) is 2. The van der Waals surface area contributed by atoms with Crippen LogP contribution in [0.1, 0.15) is 10.4 Å². The molecule has 74 valence electrons. The molecule has 0 unspecified atom stereocenters. The molecule has 3 N–H and O–H groups in total. The number of nitrogens with two attached hydrogens (primary N) is 1. The maximum absolute atomic E-state index is 12.8. The summed E-state index contributed by atoms with van der Waals surface area (Å²) in [5.74, 6) is 3.14. The molecule has 7 heteroatoms. The first-order chi connectivity index (χ1) is 6.54. The van der Waals surface area contributed by atoms with Crippen LogP contribution in [0.5, 0.6) is 0 Å². The second-order valence-electron chi connectivity index (χ2n) is 2.43. The minimum atomic E-state index is -0.863. The van der Waals surface area contributed by atoms with E-state index in [0.29, 0.717) is 6.07 Å². The lowest BCUT2D eigenvalue weighted by molar-refractivity contribution is -0.385. The molecule has 0 aliphatic heterocycles. The van der Waals surface area contributed by atoms with E-state index in [4.69, 9.17) is 5.84 Å². The number of benzene rings is 1. The first kappa shape index (κ1) is 10.1. The molecule has 0 fully saturated rings. The molecular formula is C7H6FN3O3. The van der Waals surface area contributed by atoms with Crippen LogP contribution in [0.4, 0.5) is 10.1 Å². The summed E-state index contributed by atoms with van der Waals surface area (Å²) in [4.78, 5) is 20.4. The lowest BCUT2D eigenvalue weighted by Crippen LogP contribution is -2.30. The van der Waals surface area contributed by atoms with Gasteiger partial charge in [-0.2, -0.15) is 0 Å². The van der Waals surface area contributed by atoms with E-state index in [1.165, 1.54) is 0 Å². The molecule has 0 radical (unpaired) electrons. The van der Waals surface area contributed by atoms with E-state index in [1.54, 1.807) is 5.43 Å². The highest BCUT2D eigenvalue weighted by Gasteiger charge is 2.13. The SMILES string of the molecule is NNC(=O)c1cc(F)cc([N+](=O)[O-])c1. The van der Waals surface area contributed by atoms with Gasteiger partial charge in [-0.1, -0.05) is 0 Å². The van der Waals surface area contributed by atoms with Gasteiger partial charge in [-0.15, -0.1) is 0 Å². The van der Waals surface area contributed by atoms with Crippen LogP contribution < -0.4 is 11.3 Å². The van der Waals surface area contributed by atoms with E-state index in [9.17, 15) is 19.3 Å². The molecular weight excluding hydrogens is 193 g/mol. The number of hydrazine groups is 1. The second kappa shape index (κ2) is 3.79. The zero-order valence-corrected chi connectivity index (χ0v) is 6.86. The van der Waals surface area contributed by atoms with Crippen LogP contribution in [0.25, 0.3) is 0 Å². The van der Waals surface area contributed by atoms with Crippen molar-refractivity contribution in [3.63, 3.8) is 0 Å². The van der Waals surface area contributed by atoms with Gasteiger partial charge in [0.2, 0.25) is 0 Å². The van der Waals surface area contributed by atoms with Gasteiger partial charge in [-0.3, -0.25) is 20.3 Å². The molecule has 1 aromatic carbocycles. The number of non-ortho nitro benzene ring substituents is 1. The van der Waals surface area contributed by atoms with Crippen LogP contribution in [0.2, 0.25) is 0 Å². The van der Waals surface area contributed by atoms with Crippen molar-refractivity contribution < 1.29 is 14.1 Å². The number of carbonyl (C=O) groups is 1. The Bertz CT molecular complexity index is 394. The molecule has 6 nitrogen and oxygen atoms in total. The maximum atomic E-state index is 12.8. The Morgan fingerprint density at radius 2 is 2.14 bits per heavy atom. The Balaban J connectivity index is 3.20. The van der Waals surface area contributed by atoms with Gasteiger partial charge in [-0.05, 0) is 6.07 Å². The van der Waals surface area contributed by atoms with Crippen molar-refractivity contribution in [1.82, 2.24) is 5.43 Å². The van der Waals surface area contributed by atoms with Gasteiger partial charge in [0.15, 0.2) is 0 Å². The highest BCUT2D eigenvalue weighted by atomic mass is 19.1. The molecule has 0 bridgehead atoms. The van der Waals surface area contributed by atoms with Crippen LogP contribution in [0.3, 0.4) is 0 Å².